The molecule has 38 heavy (non-hydrogen) atoms. The number of nitrogens with zero attached hydrogens (tertiary/aromatic N) is 3. The quantitative estimate of drug-likeness (QED) is 0.184. The van der Waals surface area contributed by atoms with E-state index in [1.54, 1.807) is 6.07 Å². The summed E-state index contributed by atoms with van der Waals surface area (Å²) in [4.78, 5) is 29.4. The molecule has 1 aliphatic heterocycles. The van der Waals surface area contributed by atoms with Crippen LogP contribution >= 0.6 is 0 Å². The first-order valence-electron chi connectivity index (χ1n) is 12.5. The second-order valence-electron chi connectivity index (χ2n) is 9.43. The van der Waals surface area contributed by atoms with E-state index < -0.39 is 11.1 Å². The lowest BCUT2D eigenvalue weighted by Gasteiger charge is -2.46. The van der Waals surface area contributed by atoms with Crippen LogP contribution in [0.4, 0.5) is 11.4 Å². The lowest BCUT2D eigenvalue weighted by Crippen LogP contribution is -2.48. The first kappa shape index (κ1) is 23.4. The van der Waals surface area contributed by atoms with Crippen LogP contribution in [0.25, 0.3) is 10.8 Å². The molecular formula is C32H25N3O3. The second-order valence-corrected chi connectivity index (χ2v) is 9.43. The molecule has 6 rings (SSSR count). The maximum atomic E-state index is 14.2. The fraction of sp³-hybridized carbons (Fsp3) is 0.0938. The zero-order chi connectivity index (χ0) is 26.1. The molecule has 0 radical (unpaired) electrons. The molecule has 1 atom stereocenters. The highest BCUT2D eigenvalue weighted by Gasteiger charge is 2.40. The average Bonchev–Trinajstić information content (AvgIpc) is 2.96. The summed E-state index contributed by atoms with van der Waals surface area (Å²) in [5.41, 5.74) is 4.00. The Bertz CT molecular complexity index is 1630. The zero-order valence-corrected chi connectivity index (χ0v) is 20.6. The highest BCUT2D eigenvalue weighted by atomic mass is 16.6. The minimum atomic E-state index is -0.451. The molecule has 186 valence electrons. The van der Waals surface area contributed by atoms with E-state index in [9.17, 15) is 14.9 Å². The highest BCUT2D eigenvalue weighted by molar-refractivity contribution is 6.03. The number of non-ortho nitro benzene ring substituents is 1. The van der Waals surface area contributed by atoms with Crippen molar-refractivity contribution in [2.75, 3.05) is 4.90 Å². The van der Waals surface area contributed by atoms with Crippen molar-refractivity contribution in [2.45, 2.75) is 19.3 Å². The van der Waals surface area contributed by atoms with Crippen molar-refractivity contribution in [3.05, 3.63) is 154 Å². The van der Waals surface area contributed by atoms with E-state index in [4.69, 9.17) is 0 Å². The van der Waals surface area contributed by atoms with Gasteiger partial charge in [0.15, 0.2) is 0 Å². The molecule has 1 amide bonds. The number of fused-ring (bicyclic) bond motifs is 2. The summed E-state index contributed by atoms with van der Waals surface area (Å²) >= 11 is 0. The molecule has 5 aromatic rings. The Hall–Kier alpha value is -4.97. The summed E-state index contributed by atoms with van der Waals surface area (Å²) < 4.78 is 0. The number of carbonyl (C=O) groups is 1. The Balaban J connectivity index is 1.59. The van der Waals surface area contributed by atoms with Crippen LogP contribution < -0.4 is 4.90 Å². The van der Waals surface area contributed by atoms with Gasteiger partial charge in [0, 0.05) is 30.8 Å². The molecule has 0 saturated heterocycles. The fourth-order valence-electron chi connectivity index (χ4n) is 5.33. The average molecular weight is 500 g/mol. The summed E-state index contributed by atoms with van der Waals surface area (Å²) in [5.74, 6) is -0.227. The van der Waals surface area contributed by atoms with Gasteiger partial charge in [0.2, 0.25) is 0 Å². The van der Waals surface area contributed by atoms with E-state index >= 15 is 0 Å². The number of benzene rings is 5. The normalized spacial score (nSPS) is 14.9. The van der Waals surface area contributed by atoms with Gasteiger partial charge in [0.25, 0.3) is 11.6 Å². The number of anilines is 1. The van der Waals surface area contributed by atoms with Gasteiger partial charge in [-0.15, -0.1) is 0 Å². The molecular weight excluding hydrogens is 474 g/mol. The van der Waals surface area contributed by atoms with Crippen LogP contribution in [0, 0.1) is 10.1 Å². The molecule has 0 unspecified atom stereocenters. The second kappa shape index (κ2) is 9.82. The summed E-state index contributed by atoms with van der Waals surface area (Å²) in [6.07, 6.45) is -0.428. The number of hydrogen-bond acceptors (Lipinski definition) is 4. The molecule has 0 aromatic heterocycles. The van der Waals surface area contributed by atoms with Gasteiger partial charge >= 0.3 is 0 Å². The van der Waals surface area contributed by atoms with Gasteiger partial charge in [-0.3, -0.25) is 14.9 Å². The lowest BCUT2D eigenvalue weighted by atomic mass is 9.95. The first-order valence-corrected chi connectivity index (χ1v) is 12.5. The molecule has 1 heterocycles. The molecule has 0 N–H and O–H groups in total. The summed E-state index contributed by atoms with van der Waals surface area (Å²) in [7, 11) is 0. The molecule has 6 heteroatoms. The highest BCUT2D eigenvalue weighted by Crippen LogP contribution is 2.43. The van der Waals surface area contributed by atoms with Crippen molar-refractivity contribution in [1.29, 1.82) is 0 Å². The molecule has 6 nitrogen and oxygen atoms in total. The summed E-state index contributed by atoms with van der Waals surface area (Å²) in [6.45, 7) is 0.888. The van der Waals surface area contributed by atoms with Gasteiger partial charge in [0.05, 0.1) is 16.2 Å². The van der Waals surface area contributed by atoms with Gasteiger partial charge < -0.3 is 9.80 Å². The van der Waals surface area contributed by atoms with E-state index in [0.717, 1.165) is 27.5 Å². The smallest absolute Gasteiger partial charge is 0.270 e. The Labute approximate surface area is 220 Å². The topological polar surface area (TPSA) is 66.7 Å². The van der Waals surface area contributed by atoms with E-state index in [2.05, 4.69) is 41.3 Å². The van der Waals surface area contributed by atoms with Crippen LogP contribution in [0.15, 0.2) is 121 Å². The van der Waals surface area contributed by atoms with Crippen LogP contribution in [0.1, 0.15) is 33.2 Å². The van der Waals surface area contributed by atoms with E-state index in [0.29, 0.717) is 24.3 Å². The SMILES string of the molecule is O=C1c2cc([N+](=O)[O-])ccc2N(Cc2ccccc2)[C@@H](c2cccc3ccccc23)N1Cc1ccccc1. The summed E-state index contributed by atoms with van der Waals surface area (Å²) in [5, 5.41) is 13.8. The van der Waals surface area contributed by atoms with Gasteiger partial charge in [-0.2, -0.15) is 0 Å². The Morgan fingerprint density at radius 2 is 1.29 bits per heavy atom. The van der Waals surface area contributed by atoms with Crippen LogP contribution in [0.2, 0.25) is 0 Å². The van der Waals surface area contributed by atoms with Crippen LogP contribution in [-0.4, -0.2) is 15.7 Å². The number of hydrogen-bond donors (Lipinski definition) is 0. The Kier molecular flexibility index (Phi) is 6.06. The summed E-state index contributed by atoms with van der Waals surface area (Å²) in [6, 6.07) is 38.9. The first-order chi connectivity index (χ1) is 18.6. The van der Waals surface area contributed by atoms with Gasteiger partial charge in [-0.25, -0.2) is 0 Å². The van der Waals surface area contributed by atoms with Crippen LogP contribution in [0.5, 0.6) is 0 Å². The van der Waals surface area contributed by atoms with Gasteiger partial charge in [-0.05, 0) is 28.0 Å². The maximum Gasteiger partial charge on any atom is 0.270 e. The predicted octanol–water partition coefficient (Wildman–Crippen LogP) is 7.11. The minimum Gasteiger partial charge on any atom is -0.342 e. The monoisotopic (exact) mass is 499 g/mol. The molecule has 0 aliphatic carbocycles. The molecule has 0 bridgehead atoms. The van der Waals surface area contributed by atoms with Crippen LogP contribution in [-0.2, 0) is 13.1 Å². The number of rotatable bonds is 6. The number of amides is 1. The third-order valence-electron chi connectivity index (χ3n) is 7.08. The molecule has 0 saturated carbocycles. The van der Waals surface area contributed by atoms with Crippen molar-refractivity contribution in [3.63, 3.8) is 0 Å². The van der Waals surface area contributed by atoms with E-state index in [1.165, 1.54) is 12.1 Å². The van der Waals surface area contributed by atoms with Crippen molar-refractivity contribution in [3.8, 4) is 0 Å². The third kappa shape index (κ3) is 4.26. The van der Waals surface area contributed by atoms with Crippen molar-refractivity contribution in [1.82, 2.24) is 4.90 Å². The van der Waals surface area contributed by atoms with Crippen molar-refractivity contribution >= 4 is 28.1 Å². The Morgan fingerprint density at radius 3 is 1.97 bits per heavy atom. The third-order valence-corrected chi connectivity index (χ3v) is 7.08. The maximum absolute atomic E-state index is 14.2. The van der Waals surface area contributed by atoms with Gasteiger partial charge in [-0.1, -0.05) is 103 Å². The molecule has 1 aliphatic rings. The molecule has 0 fully saturated rings. The Morgan fingerprint density at radius 1 is 0.684 bits per heavy atom. The van der Waals surface area contributed by atoms with Crippen molar-refractivity contribution in [2.24, 2.45) is 0 Å². The zero-order valence-electron chi connectivity index (χ0n) is 20.6. The number of nitro benzene ring substituents is 1. The van der Waals surface area contributed by atoms with E-state index in [1.807, 2.05) is 71.6 Å². The molecule has 0 spiro atoms. The largest absolute Gasteiger partial charge is 0.342 e. The fourth-order valence-corrected chi connectivity index (χ4v) is 5.33. The van der Waals surface area contributed by atoms with E-state index in [-0.39, 0.29) is 11.6 Å². The number of nitro groups is 1. The minimum absolute atomic E-state index is 0.0972. The predicted molar refractivity (Wildman–Crippen MR) is 149 cm³/mol. The standard InChI is InChI=1S/C32H25N3O3/c36-32-29-20-26(35(37)38)18-19-30(29)33(21-23-10-3-1-4-11-23)31(34(32)22-24-12-5-2-6-13-24)28-17-9-15-25-14-7-8-16-27(25)28/h1-20,31H,21-22H2/t31-/m1/s1. The molecule has 5 aromatic carbocycles. The van der Waals surface area contributed by atoms with Gasteiger partial charge in [0.1, 0.15) is 6.17 Å². The van der Waals surface area contributed by atoms with Crippen molar-refractivity contribution < 1.29 is 9.72 Å². The number of carbonyl (C=O) groups excluding carboxylic acids is 1. The van der Waals surface area contributed by atoms with Crippen LogP contribution in [0.3, 0.4) is 0 Å². The lowest BCUT2D eigenvalue weighted by molar-refractivity contribution is -0.384.